The van der Waals surface area contributed by atoms with Crippen molar-refractivity contribution in [3.05, 3.63) is 29.8 Å². The summed E-state index contributed by atoms with van der Waals surface area (Å²) in [7, 11) is -3.82. The SMILES string of the molecule is CSCCC(NS(=O)(=O)c1ccc(C(C)C)cc1)C(=O)O. The molecule has 1 aromatic carbocycles. The van der Waals surface area contributed by atoms with E-state index in [9.17, 15) is 13.2 Å². The standard InChI is InChI=1S/C14H21NO4S2/c1-10(2)11-4-6-12(7-5-11)21(18,19)15-13(14(16)17)8-9-20-3/h4-7,10,13,15H,8-9H2,1-3H3,(H,16,17). The van der Waals surface area contributed by atoms with E-state index in [1.165, 1.54) is 23.9 Å². The summed E-state index contributed by atoms with van der Waals surface area (Å²) in [6.07, 6.45) is 2.10. The molecule has 0 saturated heterocycles. The van der Waals surface area contributed by atoms with E-state index < -0.39 is 22.0 Å². The van der Waals surface area contributed by atoms with Crippen LogP contribution in [0.1, 0.15) is 31.7 Å². The first-order valence-corrected chi connectivity index (χ1v) is 9.49. The number of carboxylic acids is 1. The summed E-state index contributed by atoms with van der Waals surface area (Å²) in [5, 5.41) is 9.09. The number of thioether (sulfide) groups is 1. The zero-order valence-electron chi connectivity index (χ0n) is 12.4. The second-order valence-corrected chi connectivity index (χ2v) is 7.72. The number of nitrogens with one attached hydrogen (secondary N) is 1. The number of benzene rings is 1. The molecule has 1 unspecified atom stereocenters. The van der Waals surface area contributed by atoms with Crippen molar-refractivity contribution in [2.45, 2.75) is 37.1 Å². The molecule has 2 N–H and O–H groups in total. The molecule has 1 rings (SSSR count). The molecule has 0 amide bonds. The molecular weight excluding hydrogens is 310 g/mol. The van der Waals surface area contributed by atoms with Crippen molar-refractivity contribution in [2.24, 2.45) is 0 Å². The molecule has 21 heavy (non-hydrogen) atoms. The minimum atomic E-state index is -3.82. The van der Waals surface area contributed by atoms with E-state index >= 15 is 0 Å². The number of carboxylic acid groups (broad SMARTS) is 1. The van der Waals surface area contributed by atoms with Gasteiger partial charge in [-0.3, -0.25) is 4.79 Å². The van der Waals surface area contributed by atoms with Gasteiger partial charge in [-0.1, -0.05) is 26.0 Å². The highest BCUT2D eigenvalue weighted by atomic mass is 32.2. The van der Waals surface area contributed by atoms with Crippen LogP contribution in [0.25, 0.3) is 0 Å². The summed E-state index contributed by atoms with van der Waals surface area (Å²) in [5.41, 5.74) is 1.03. The van der Waals surface area contributed by atoms with Gasteiger partial charge in [0.05, 0.1) is 4.90 Å². The summed E-state index contributed by atoms with van der Waals surface area (Å²) >= 11 is 1.48. The number of aliphatic carboxylic acids is 1. The van der Waals surface area contributed by atoms with E-state index in [0.717, 1.165) is 5.56 Å². The van der Waals surface area contributed by atoms with Gasteiger partial charge in [0.2, 0.25) is 10.0 Å². The molecule has 5 nitrogen and oxygen atoms in total. The minimum absolute atomic E-state index is 0.0855. The monoisotopic (exact) mass is 331 g/mol. The van der Waals surface area contributed by atoms with Gasteiger partial charge in [0.15, 0.2) is 0 Å². The van der Waals surface area contributed by atoms with Crippen LogP contribution in [0.3, 0.4) is 0 Å². The molecule has 1 aromatic rings. The summed E-state index contributed by atoms with van der Waals surface area (Å²) in [5.74, 6) is -0.277. The molecule has 0 radical (unpaired) electrons. The third kappa shape index (κ3) is 5.33. The van der Waals surface area contributed by atoms with E-state index in [2.05, 4.69) is 4.72 Å². The van der Waals surface area contributed by atoms with Gasteiger partial charge in [-0.2, -0.15) is 16.5 Å². The number of carbonyl (C=O) groups is 1. The Bertz CT molecular complexity index is 567. The van der Waals surface area contributed by atoms with Crippen LogP contribution in [0.2, 0.25) is 0 Å². The van der Waals surface area contributed by atoms with Crippen LogP contribution >= 0.6 is 11.8 Å². The van der Waals surface area contributed by atoms with E-state index in [-0.39, 0.29) is 11.3 Å². The Kier molecular flexibility index (Phi) is 6.70. The van der Waals surface area contributed by atoms with Crippen molar-refractivity contribution in [2.75, 3.05) is 12.0 Å². The zero-order valence-corrected chi connectivity index (χ0v) is 14.0. The predicted octanol–water partition coefficient (Wildman–Crippen LogP) is 2.29. The molecule has 1 atom stereocenters. The lowest BCUT2D eigenvalue weighted by Gasteiger charge is -2.15. The highest BCUT2D eigenvalue weighted by molar-refractivity contribution is 7.98. The van der Waals surface area contributed by atoms with Crippen LogP contribution in [-0.2, 0) is 14.8 Å². The Hall–Kier alpha value is -1.05. The van der Waals surface area contributed by atoms with E-state index in [0.29, 0.717) is 11.7 Å². The molecule has 0 bridgehead atoms. The molecule has 0 aliphatic rings. The topological polar surface area (TPSA) is 83.5 Å². The first-order valence-electron chi connectivity index (χ1n) is 6.62. The van der Waals surface area contributed by atoms with Gasteiger partial charge in [0.25, 0.3) is 0 Å². The fourth-order valence-corrected chi connectivity index (χ4v) is 3.45. The highest BCUT2D eigenvalue weighted by Crippen LogP contribution is 2.17. The molecule has 7 heteroatoms. The summed E-state index contributed by atoms with van der Waals surface area (Å²) < 4.78 is 26.7. The summed E-state index contributed by atoms with van der Waals surface area (Å²) in [4.78, 5) is 11.2. The number of sulfonamides is 1. The van der Waals surface area contributed by atoms with Gasteiger partial charge >= 0.3 is 5.97 Å². The largest absolute Gasteiger partial charge is 0.480 e. The van der Waals surface area contributed by atoms with Crippen LogP contribution in [-0.4, -0.2) is 37.5 Å². The van der Waals surface area contributed by atoms with Crippen LogP contribution in [0.4, 0.5) is 0 Å². The van der Waals surface area contributed by atoms with Crippen LogP contribution in [0.5, 0.6) is 0 Å². The molecule has 0 spiro atoms. The first-order chi connectivity index (χ1) is 9.77. The number of hydrogen-bond donors (Lipinski definition) is 2. The van der Waals surface area contributed by atoms with Crippen molar-refractivity contribution in [3.63, 3.8) is 0 Å². The van der Waals surface area contributed by atoms with Gasteiger partial charge in [-0.25, -0.2) is 8.42 Å². The molecule has 0 aromatic heterocycles. The minimum Gasteiger partial charge on any atom is -0.480 e. The normalized spacial score (nSPS) is 13.3. The molecule has 0 aliphatic heterocycles. The Balaban J connectivity index is 2.91. The molecule has 0 saturated carbocycles. The van der Waals surface area contributed by atoms with E-state index in [4.69, 9.17) is 5.11 Å². The quantitative estimate of drug-likeness (QED) is 0.763. The average molecular weight is 331 g/mol. The Morgan fingerprint density at radius 3 is 2.29 bits per heavy atom. The van der Waals surface area contributed by atoms with E-state index in [1.807, 2.05) is 20.1 Å². The maximum absolute atomic E-state index is 12.2. The van der Waals surface area contributed by atoms with Crippen molar-refractivity contribution in [1.29, 1.82) is 0 Å². The molecular formula is C14H21NO4S2. The van der Waals surface area contributed by atoms with Crippen molar-refractivity contribution in [1.82, 2.24) is 4.72 Å². The second-order valence-electron chi connectivity index (χ2n) is 5.02. The van der Waals surface area contributed by atoms with Gasteiger partial charge < -0.3 is 5.11 Å². The lowest BCUT2D eigenvalue weighted by molar-refractivity contribution is -0.139. The molecule has 0 aliphatic carbocycles. The second kappa shape index (κ2) is 7.82. The molecule has 118 valence electrons. The van der Waals surface area contributed by atoms with Crippen molar-refractivity contribution >= 4 is 27.8 Å². The smallest absolute Gasteiger partial charge is 0.321 e. The van der Waals surface area contributed by atoms with Crippen LogP contribution < -0.4 is 4.72 Å². The number of hydrogen-bond acceptors (Lipinski definition) is 4. The lowest BCUT2D eigenvalue weighted by atomic mass is 10.0. The number of rotatable bonds is 8. The predicted molar refractivity (Wildman–Crippen MR) is 85.3 cm³/mol. The van der Waals surface area contributed by atoms with Gasteiger partial charge in [0, 0.05) is 0 Å². The fourth-order valence-electron chi connectivity index (χ4n) is 1.76. The average Bonchev–Trinajstić information content (AvgIpc) is 2.43. The fraction of sp³-hybridized carbons (Fsp3) is 0.500. The van der Waals surface area contributed by atoms with Gasteiger partial charge in [0.1, 0.15) is 6.04 Å². The Labute approximate surface area is 130 Å². The van der Waals surface area contributed by atoms with E-state index in [1.54, 1.807) is 12.1 Å². The zero-order chi connectivity index (χ0) is 16.0. The first kappa shape index (κ1) is 18.0. The third-order valence-corrected chi connectivity index (χ3v) is 5.19. The van der Waals surface area contributed by atoms with Gasteiger partial charge in [-0.05, 0) is 42.0 Å². The molecule has 0 heterocycles. The van der Waals surface area contributed by atoms with Crippen LogP contribution in [0.15, 0.2) is 29.2 Å². The van der Waals surface area contributed by atoms with Crippen molar-refractivity contribution < 1.29 is 18.3 Å². The summed E-state index contributed by atoms with van der Waals surface area (Å²) in [6, 6.07) is 5.40. The Morgan fingerprint density at radius 1 is 1.29 bits per heavy atom. The third-order valence-electron chi connectivity index (χ3n) is 3.06. The molecule has 0 fully saturated rings. The van der Waals surface area contributed by atoms with Gasteiger partial charge in [-0.15, -0.1) is 0 Å². The van der Waals surface area contributed by atoms with Crippen molar-refractivity contribution in [3.8, 4) is 0 Å². The van der Waals surface area contributed by atoms with Crippen LogP contribution in [0, 0.1) is 0 Å². The summed E-state index contributed by atoms with van der Waals surface area (Å²) in [6.45, 7) is 4.04. The maximum atomic E-state index is 12.2. The highest BCUT2D eigenvalue weighted by Gasteiger charge is 2.24. The lowest BCUT2D eigenvalue weighted by Crippen LogP contribution is -2.41. The Morgan fingerprint density at radius 2 is 1.86 bits per heavy atom. The maximum Gasteiger partial charge on any atom is 0.321 e.